The van der Waals surface area contributed by atoms with E-state index in [1.165, 1.54) is 0 Å². The monoisotopic (exact) mass is 318 g/mol. The number of hydrogen-bond donors (Lipinski definition) is 3. The van der Waals surface area contributed by atoms with Gasteiger partial charge in [0.2, 0.25) is 5.91 Å². The van der Waals surface area contributed by atoms with Gasteiger partial charge < -0.3 is 20.9 Å². The predicted octanol–water partition coefficient (Wildman–Crippen LogP) is 1.65. The van der Waals surface area contributed by atoms with Gasteiger partial charge in [-0.15, -0.1) is 0 Å². The quantitative estimate of drug-likeness (QED) is 0.773. The molecule has 1 aromatic carbocycles. The Balaban J connectivity index is 1.75. The molecule has 0 aromatic heterocycles. The van der Waals surface area contributed by atoms with Crippen molar-refractivity contribution in [3.63, 3.8) is 0 Å². The molecule has 1 aliphatic heterocycles. The number of nitrogens with one attached hydrogen (secondary N) is 3. The fourth-order valence-electron chi connectivity index (χ4n) is 2.69. The van der Waals surface area contributed by atoms with Crippen LogP contribution >= 0.6 is 0 Å². The normalized spacial score (nSPS) is 16.7. The first-order chi connectivity index (χ1) is 11.1. The van der Waals surface area contributed by atoms with Crippen LogP contribution in [0.3, 0.4) is 0 Å². The molecule has 6 nitrogen and oxygen atoms in total. The van der Waals surface area contributed by atoms with Crippen LogP contribution in [-0.4, -0.2) is 49.6 Å². The summed E-state index contributed by atoms with van der Waals surface area (Å²) in [7, 11) is 1.84. The number of anilines is 1. The second kappa shape index (κ2) is 8.53. The highest BCUT2D eigenvalue weighted by atomic mass is 16.2. The van der Waals surface area contributed by atoms with Crippen molar-refractivity contribution >= 4 is 17.6 Å². The van der Waals surface area contributed by atoms with Crippen LogP contribution in [0.1, 0.15) is 19.8 Å². The van der Waals surface area contributed by atoms with Crippen LogP contribution < -0.4 is 16.0 Å². The molecule has 1 atom stereocenters. The average Bonchev–Trinajstić information content (AvgIpc) is 2.56. The Hall–Kier alpha value is -2.08. The first-order valence-corrected chi connectivity index (χ1v) is 8.16. The van der Waals surface area contributed by atoms with Gasteiger partial charge in [-0.25, -0.2) is 4.79 Å². The summed E-state index contributed by atoms with van der Waals surface area (Å²) in [6, 6.07) is 9.51. The molecule has 0 spiro atoms. The molecule has 0 aliphatic carbocycles. The first kappa shape index (κ1) is 17.3. The Kier molecular flexibility index (Phi) is 6.40. The van der Waals surface area contributed by atoms with Crippen LogP contribution in [0.15, 0.2) is 30.3 Å². The minimum Gasteiger partial charge on any atom is -0.353 e. The summed E-state index contributed by atoms with van der Waals surface area (Å²) in [5.74, 6) is 0.0333. The third-order valence-corrected chi connectivity index (χ3v) is 4.11. The predicted molar refractivity (Wildman–Crippen MR) is 91.3 cm³/mol. The lowest BCUT2D eigenvalue weighted by molar-refractivity contribution is -0.125. The van der Waals surface area contributed by atoms with Crippen molar-refractivity contribution in [2.45, 2.75) is 25.8 Å². The summed E-state index contributed by atoms with van der Waals surface area (Å²) >= 11 is 0. The molecule has 6 heteroatoms. The first-order valence-electron chi connectivity index (χ1n) is 8.16. The lowest BCUT2D eigenvalue weighted by Gasteiger charge is -2.32. The summed E-state index contributed by atoms with van der Waals surface area (Å²) in [4.78, 5) is 26.0. The topological polar surface area (TPSA) is 73.5 Å². The van der Waals surface area contributed by atoms with E-state index in [9.17, 15) is 9.59 Å². The van der Waals surface area contributed by atoms with E-state index in [1.807, 2.05) is 44.3 Å². The summed E-state index contributed by atoms with van der Waals surface area (Å²) in [6.07, 6.45) is 1.58. The smallest absolute Gasteiger partial charge is 0.321 e. The van der Waals surface area contributed by atoms with Gasteiger partial charge in [0.1, 0.15) is 0 Å². The van der Waals surface area contributed by atoms with Gasteiger partial charge in [0.25, 0.3) is 0 Å². The molecule has 3 amide bonds. The molecule has 1 heterocycles. The van der Waals surface area contributed by atoms with Crippen LogP contribution in [-0.2, 0) is 4.79 Å². The van der Waals surface area contributed by atoms with Crippen molar-refractivity contribution in [2.75, 3.05) is 32.0 Å². The Morgan fingerprint density at radius 2 is 1.87 bits per heavy atom. The van der Waals surface area contributed by atoms with E-state index in [4.69, 9.17) is 0 Å². The molecule has 23 heavy (non-hydrogen) atoms. The number of nitrogens with zero attached hydrogens (tertiary/aromatic N) is 1. The molecule has 1 aromatic rings. The van der Waals surface area contributed by atoms with E-state index < -0.39 is 0 Å². The molecule has 3 N–H and O–H groups in total. The Labute approximate surface area is 137 Å². The Morgan fingerprint density at radius 3 is 2.48 bits per heavy atom. The van der Waals surface area contributed by atoms with Crippen LogP contribution in [0.5, 0.6) is 0 Å². The summed E-state index contributed by atoms with van der Waals surface area (Å²) in [6.45, 7) is 3.90. The van der Waals surface area contributed by atoms with E-state index in [1.54, 1.807) is 4.90 Å². The zero-order chi connectivity index (χ0) is 16.7. The fraction of sp³-hybridized carbons (Fsp3) is 0.529. The van der Waals surface area contributed by atoms with Gasteiger partial charge in [0.05, 0.1) is 0 Å². The van der Waals surface area contributed by atoms with Crippen LogP contribution in [0.4, 0.5) is 10.5 Å². The SMILES string of the molecule is CNCC(C)C(=O)NC1CCN(C(=O)Nc2ccccc2)CC1. The number of likely N-dealkylation sites (tertiary alicyclic amines) is 1. The highest BCUT2D eigenvalue weighted by Crippen LogP contribution is 2.13. The van der Waals surface area contributed by atoms with E-state index in [0.29, 0.717) is 19.6 Å². The van der Waals surface area contributed by atoms with Gasteiger partial charge in [0.15, 0.2) is 0 Å². The molecule has 0 radical (unpaired) electrons. The van der Waals surface area contributed by atoms with Gasteiger partial charge >= 0.3 is 6.03 Å². The van der Waals surface area contributed by atoms with Crippen molar-refractivity contribution in [3.8, 4) is 0 Å². The van der Waals surface area contributed by atoms with Gasteiger partial charge in [-0.3, -0.25) is 4.79 Å². The Bertz CT molecular complexity index is 513. The maximum atomic E-state index is 12.2. The second-order valence-corrected chi connectivity index (χ2v) is 6.02. The summed E-state index contributed by atoms with van der Waals surface area (Å²) in [5.41, 5.74) is 0.800. The summed E-state index contributed by atoms with van der Waals surface area (Å²) < 4.78 is 0. The van der Waals surface area contributed by atoms with Crippen LogP contribution in [0.25, 0.3) is 0 Å². The van der Waals surface area contributed by atoms with E-state index in [2.05, 4.69) is 16.0 Å². The second-order valence-electron chi connectivity index (χ2n) is 6.02. The number of benzene rings is 1. The van der Waals surface area contributed by atoms with Crippen molar-refractivity contribution in [2.24, 2.45) is 5.92 Å². The lowest BCUT2D eigenvalue weighted by Crippen LogP contribution is -2.49. The molecule has 1 unspecified atom stereocenters. The molecule has 2 rings (SSSR count). The average molecular weight is 318 g/mol. The molecule has 1 fully saturated rings. The van der Waals surface area contributed by atoms with Crippen LogP contribution in [0, 0.1) is 5.92 Å². The molecular weight excluding hydrogens is 292 g/mol. The molecule has 0 saturated carbocycles. The minimum atomic E-state index is -0.0791. The number of amides is 3. The third-order valence-electron chi connectivity index (χ3n) is 4.11. The van der Waals surface area contributed by atoms with Crippen molar-refractivity contribution in [3.05, 3.63) is 30.3 Å². The maximum absolute atomic E-state index is 12.2. The van der Waals surface area contributed by atoms with Gasteiger partial charge in [-0.2, -0.15) is 0 Å². The van der Waals surface area contributed by atoms with Gasteiger partial charge in [0, 0.05) is 37.3 Å². The number of carbonyl (C=O) groups is 2. The number of carbonyl (C=O) groups excluding carboxylic acids is 2. The maximum Gasteiger partial charge on any atom is 0.321 e. The highest BCUT2D eigenvalue weighted by Gasteiger charge is 2.25. The molecule has 0 bridgehead atoms. The number of hydrogen-bond acceptors (Lipinski definition) is 3. The molecular formula is C17H26N4O2. The van der Waals surface area contributed by atoms with Gasteiger partial charge in [-0.05, 0) is 32.0 Å². The number of piperidine rings is 1. The molecule has 126 valence electrons. The Morgan fingerprint density at radius 1 is 1.22 bits per heavy atom. The fourth-order valence-corrected chi connectivity index (χ4v) is 2.69. The van der Waals surface area contributed by atoms with Crippen LogP contribution in [0.2, 0.25) is 0 Å². The largest absolute Gasteiger partial charge is 0.353 e. The molecule has 1 aliphatic rings. The van der Waals surface area contributed by atoms with Crippen molar-refractivity contribution < 1.29 is 9.59 Å². The van der Waals surface area contributed by atoms with Crippen molar-refractivity contribution in [1.82, 2.24) is 15.5 Å². The third kappa shape index (κ3) is 5.25. The summed E-state index contributed by atoms with van der Waals surface area (Å²) in [5, 5.41) is 8.98. The zero-order valence-electron chi connectivity index (χ0n) is 13.8. The van der Waals surface area contributed by atoms with E-state index in [-0.39, 0.29) is 23.9 Å². The minimum absolute atomic E-state index is 0.0422. The lowest BCUT2D eigenvalue weighted by atomic mass is 10.0. The highest BCUT2D eigenvalue weighted by molar-refractivity contribution is 5.89. The van der Waals surface area contributed by atoms with Gasteiger partial charge in [-0.1, -0.05) is 25.1 Å². The standard InChI is InChI=1S/C17H26N4O2/c1-13(12-18-2)16(22)19-15-8-10-21(11-9-15)17(23)20-14-6-4-3-5-7-14/h3-7,13,15,18H,8-12H2,1-2H3,(H,19,22)(H,20,23). The zero-order valence-corrected chi connectivity index (χ0v) is 13.8. The molecule has 1 saturated heterocycles. The van der Waals surface area contributed by atoms with E-state index in [0.717, 1.165) is 18.5 Å². The number of rotatable bonds is 5. The number of urea groups is 1. The number of para-hydroxylation sites is 1. The van der Waals surface area contributed by atoms with E-state index >= 15 is 0 Å². The van der Waals surface area contributed by atoms with Crippen molar-refractivity contribution in [1.29, 1.82) is 0 Å².